The van der Waals surface area contributed by atoms with Crippen LogP contribution in [-0.4, -0.2) is 36.7 Å². The number of halogens is 1. The third-order valence-corrected chi connectivity index (χ3v) is 4.19. The molecule has 1 aromatic heterocycles. The van der Waals surface area contributed by atoms with Gasteiger partial charge in [-0.05, 0) is 37.9 Å². The van der Waals surface area contributed by atoms with Crippen molar-refractivity contribution < 1.29 is 4.74 Å². The van der Waals surface area contributed by atoms with Crippen LogP contribution in [0.4, 0.5) is 0 Å². The normalized spacial score (nSPS) is 15.0. The summed E-state index contributed by atoms with van der Waals surface area (Å²) in [5.41, 5.74) is 2.02. The molecule has 0 bridgehead atoms. The summed E-state index contributed by atoms with van der Waals surface area (Å²) in [6.07, 6.45) is 2.68. The minimum Gasteiger partial charge on any atom is -0.380 e. The fraction of sp³-hybridized carbons (Fsp3) is 0.471. The van der Waals surface area contributed by atoms with Crippen molar-refractivity contribution >= 4 is 22.5 Å². The van der Waals surface area contributed by atoms with E-state index in [0.717, 1.165) is 48.7 Å². The fourth-order valence-corrected chi connectivity index (χ4v) is 2.58. The quantitative estimate of drug-likeness (QED) is 0.575. The summed E-state index contributed by atoms with van der Waals surface area (Å²) in [5.74, 6) is 0.828. The van der Waals surface area contributed by atoms with Crippen molar-refractivity contribution in [1.82, 2.24) is 9.88 Å². The smallest absolute Gasteiger partial charge is 0.134 e. The first-order valence-corrected chi connectivity index (χ1v) is 7.90. The van der Waals surface area contributed by atoms with Crippen LogP contribution in [0, 0.1) is 5.92 Å². The molecule has 1 aromatic carbocycles. The van der Waals surface area contributed by atoms with Crippen LogP contribution in [0.3, 0.4) is 0 Å². The predicted octanol–water partition coefficient (Wildman–Crippen LogP) is 3.75. The first-order chi connectivity index (χ1) is 10.2. The predicted molar refractivity (Wildman–Crippen MR) is 86.6 cm³/mol. The third kappa shape index (κ3) is 4.16. The zero-order chi connectivity index (χ0) is 14.7. The Morgan fingerprint density at radius 2 is 2.14 bits per heavy atom. The van der Waals surface area contributed by atoms with E-state index in [1.54, 1.807) is 0 Å². The van der Waals surface area contributed by atoms with E-state index < -0.39 is 0 Å². The number of fused-ring (bicyclic) bond motifs is 1. The summed E-state index contributed by atoms with van der Waals surface area (Å²) in [7, 11) is 2.09. The van der Waals surface area contributed by atoms with E-state index in [2.05, 4.69) is 29.1 Å². The summed E-state index contributed by atoms with van der Waals surface area (Å²) in [6, 6.07) is 10.2. The van der Waals surface area contributed by atoms with Crippen LogP contribution in [0.1, 0.15) is 18.4 Å². The Hall–Kier alpha value is -1.16. The van der Waals surface area contributed by atoms with Gasteiger partial charge in [-0.15, -0.1) is 0 Å². The number of hydrogen-bond acceptors (Lipinski definition) is 3. The van der Waals surface area contributed by atoms with Crippen LogP contribution in [-0.2, 0) is 11.3 Å². The Labute approximate surface area is 130 Å². The summed E-state index contributed by atoms with van der Waals surface area (Å²) in [6.45, 7) is 3.41. The average molecular weight is 305 g/mol. The SMILES string of the molecule is CN(CCOCC1CC1)Cc1cc2ccccc2nc1Cl. The highest BCUT2D eigenvalue weighted by Gasteiger charge is 2.21. The summed E-state index contributed by atoms with van der Waals surface area (Å²) >= 11 is 6.29. The van der Waals surface area contributed by atoms with E-state index in [1.165, 1.54) is 12.8 Å². The van der Waals surface area contributed by atoms with E-state index in [9.17, 15) is 0 Å². The number of rotatable bonds is 7. The zero-order valence-electron chi connectivity index (χ0n) is 12.4. The van der Waals surface area contributed by atoms with Gasteiger partial charge in [-0.1, -0.05) is 29.8 Å². The molecule has 0 unspecified atom stereocenters. The molecular formula is C17H21ClN2O. The minimum absolute atomic E-state index is 0.597. The largest absolute Gasteiger partial charge is 0.380 e. The van der Waals surface area contributed by atoms with Crippen molar-refractivity contribution in [3.8, 4) is 0 Å². The van der Waals surface area contributed by atoms with E-state index in [0.29, 0.717) is 5.15 Å². The van der Waals surface area contributed by atoms with Crippen LogP contribution >= 0.6 is 11.6 Å². The van der Waals surface area contributed by atoms with E-state index in [4.69, 9.17) is 16.3 Å². The minimum atomic E-state index is 0.597. The molecule has 3 nitrogen and oxygen atoms in total. The molecule has 1 aliphatic rings. The molecular weight excluding hydrogens is 284 g/mol. The lowest BCUT2D eigenvalue weighted by Crippen LogP contribution is -2.23. The lowest BCUT2D eigenvalue weighted by molar-refractivity contribution is 0.102. The van der Waals surface area contributed by atoms with Gasteiger partial charge in [-0.2, -0.15) is 0 Å². The second-order valence-electron chi connectivity index (χ2n) is 5.89. The molecule has 3 rings (SSSR count). The van der Waals surface area contributed by atoms with Gasteiger partial charge in [0.15, 0.2) is 0 Å². The molecule has 0 spiro atoms. The number of hydrogen-bond donors (Lipinski definition) is 0. The maximum absolute atomic E-state index is 6.29. The van der Waals surface area contributed by atoms with Crippen molar-refractivity contribution in [2.75, 3.05) is 26.8 Å². The van der Waals surface area contributed by atoms with Gasteiger partial charge in [0.2, 0.25) is 0 Å². The third-order valence-electron chi connectivity index (χ3n) is 3.86. The molecule has 0 saturated heterocycles. The second kappa shape index (κ2) is 6.73. The fourth-order valence-electron chi connectivity index (χ4n) is 2.37. The van der Waals surface area contributed by atoms with E-state index in [-0.39, 0.29) is 0 Å². The van der Waals surface area contributed by atoms with Crippen LogP contribution in [0.5, 0.6) is 0 Å². The van der Waals surface area contributed by atoms with Crippen molar-refractivity contribution in [3.05, 3.63) is 41.0 Å². The maximum atomic E-state index is 6.29. The van der Waals surface area contributed by atoms with Crippen molar-refractivity contribution in [2.24, 2.45) is 5.92 Å². The molecule has 2 aromatic rings. The Bertz CT molecular complexity index is 613. The van der Waals surface area contributed by atoms with Crippen LogP contribution in [0.15, 0.2) is 30.3 Å². The maximum Gasteiger partial charge on any atom is 0.134 e. The summed E-state index contributed by atoms with van der Waals surface area (Å²) in [4.78, 5) is 6.69. The van der Waals surface area contributed by atoms with Gasteiger partial charge >= 0.3 is 0 Å². The van der Waals surface area contributed by atoms with Gasteiger partial charge in [-0.25, -0.2) is 4.98 Å². The number of likely N-dealkylation sites (N-methyl/N-ethyl adjacent to an activating group) is 1. The van der Waals surface area contributed by atoms with Gasteiger partial charge in [0, 0.05) is 30.6 Å². The standard InChI is InChI=1S/C17H21ClN2O/c1-20(8-9-21-12-13-6-7-13)11-15-10-14-4-2-3-5-16(14)19-17(15)18/h2-5,10,13H,6-9,11-12H2,1H3. The highest BCUT2D eigenvalue weighted by atomic mass is 35.5. The number of aromatic nitrogens is 1. The van der Waals surface area contributed by atoms with Gasteiger partial charge < -0.3 is 4.74 Å². The van der Waals surface area contributed by atoms with E-state index >= 15 is 0 Å². The number of nitrogens with zero attached hydrogens (tertiary/aromatic N) is 2. The Balaban J connectivity index is 1.56. The molecule has 0 aliphatic heterocycles. The molecule has 1 fully saturated rings. The van der Waals surface area contributed by atoms with Crippen molar-refractivity contribution in [3.63, 3.8) is 0 Å². The summed E-state index contributed by atoms with van der Waals surface area (Å²) < 4.78 is 5.68. The molecule has 1 heterocycles. The number of para-hydroxylation sites is 1. The molecule has 0 atom stereocenters. The Morgan fingerprint density at radius 1 is 1.33 bits per heavy atom. The second-order valence-corrected chi connectivity index (χ2v) is 6.25. The summed E-state index contributed by atoms with van der Waals surface area (Å²) in [5, 5.41) is 1.73. The first-order valence-electron chi connectivity index (χ1n) is 7.53. The Kier molecular flexibility index (Phi) is 4.73. The molecule has 1 aliphatic carbocycles. The highest BCUT2D eigenvalue weighted by molar-refractivity contribution is 6.30. The highest BCUT2D eigenvalue weighted by Crippen LogP contribution is 2.28. The monoisotopic (exact) mass is 304 g/mol. The molecule has 0 radical (unpaired) electrons. The van der Waals surface area contributed by atoms with Gasteiger partial charge in [0.1, 0.15) is 5.15 Å². The molecule has 21 heavy (non-hydrogen) atoms. The lowest BCUT2D eigenvalue weighted by Gasteiger charge is -2.17. The van der Waals surface area contributed by atoms with Crippen LogP contribution in [0.25, 0.3) is 10.9 Å². The Morgan fingerprint density at radius 3 is 2.95 bits per heavy atom. The molecule has 0 N–H and O–H groups in total. The van der Waals surface area contributed by atoms with Gasteiger partial charge in [-0.3, -0.25) is 4.90 Å². The number of pyridine rings is 1. The zero-order valence-corrected chi connectivity index (χ0v) is 13.1. The van der Waals surface area contributed by atoms with Crippen LogP contribution < -0.4 is 0 Å². The first kappa shape index (κ1) is 14.8. The van der Waals surface area contributed by atoms with Crippen molar-refractivity contribution in [2.45, 2.75) is 19.4 Å². The molecule has 1 saturated carbocycles. The number of ether oxygens (including phenoxy) is 1. The molecule has 0 amide bonds. The topological polar surface area (TPSA) is 25.4 Å². The average Bonchev–Trinajstić information content (AvgIpc) is 3.29. The van der Waals surface area contributed by atoms with Gasteiger partial charge in [0.05, 0.1) is 12.1 Å². The van der Waals surface area contributed by atoms with E-state index in [1.807, 2.05) is 18.2 Å². The molecule has 4 heteroatoms. The van der Waals surface area contributed by atoms with Crippen molar-refractivity contribution in [1.29, 1.82) is 0 Å². The molecule has 112 valence electrons. The lowest BCUT2D eigenvalue weighted by atomic mass is 10.1. The number of benzene rings is 1. The van der Waals surface area contributed by atoms with Crippen LogP contribution in [0.2, 0.25) is 5.15 Å². The van der Waals surface area contributed by atoms with Gasteiger partial charge in [0.25, 0.3) is 0 Å².